The van der Waals surface area contributed by atoms with Gasteiger partial charge in [0.2, 0.25) is 0 Å². The first-order valence-corrected chi connectivity index (χ1v) is 5.86. The van der Waals surface area contributed by atoms with Crippen LogP contribution in [-0.4, -0.2) is 21.2 Å². The minimum Gasteiger partial charge on any atom is -0.505 e. The quantitative estimate of drug-likeness (QED) is 0.627. The number of anilines is 1. The summed E-state index contributed by atoms with van der Waals surface area (Å²) in [6.07, 6.45) is 1.66. The molecule has 20 heavy (non-hydrogen) atoms. The minimum absolute atomic E-state index is 0.273. The SMILES string of the molecule is O=C(Nc1ccc(O)c(F)c1)c1ccc2cn[nH]c2c1. The number of nitrogens with one attached hydrogen (secondary N) is 2. The molecule has 0 unspecified atom stereocenters. The number of benzene rings is 2. The Hall–Kier alpha value is -2.89. The Kier molecular flexibility index (Phi) is 2.83. The van der Waals surface area contributed by atoms with E-state index in [1.54, 1.807) is 24.4 Å². The van der Waals surface area contributed by atoms with Gasteiger partial charge in [0, 0.05) is 22.7 Å². The Labute approximate surface area is 113 Å². The van der Waals surface area contributed by atoms with Crippen LogP contribution >= 0.6 is 0 Å². The van der Waals surface area contributed by atoms with Gasteiger partial charge in [-0.1, -0.05) is 6.07 Å². The van der Waals surface area contributed by atoms with Crippen LogP contribution in [0.25, 0.3) is 10.9 Å². The Bertz CT molecular complexity index is 798. The molecule has 0 atom stereocenters. The number of hydrogen-bond acceptors (Lipinski definition) is 3. The molecular weight excluding hydrogens is 261 g/mol. The van der Waals surface area contributed by atoms with Gasteiger partial charge in [-0.15, -0.1) is 0 Å². The maximum absolute atomic E-state index is 13.2. The maximum atomic E-state index is 13.2. The normalized spacial score (nSPS) is 10.7. The molecule has 0 saturated carbocycles. The van der Waals surface area contributed by atoms with E-state index < -0.39 is 11.6 Å². The van der Waals surface area contributed by atoms with Gasteiger partial charge in [-0.2, -0.15) is 5.10 Å². The van der Waals surface area contributed by atoms with Gasteiger partial charge >= 0.3 is 0 Å². The Morgan fingerprint density at radius 2 is 2.10 bits per heavy atom. The summed E-state index contributed by atoms with van der Waals surface area (Å²) in [5.74, 6) is -1.61. The van der Waals surface area contributed by atoms with Crippen molar-refractivity contribution in [1.29, 1.82) is 0 Å². The summed E-state index contributed by atoms with van der Waals surface area (Å²) in [4.78, 5) is 12.0. The van der Waals surface area contributed by atoms with Crippen molar-refractivity contribution >= 4 is 22.5 Å². The van der Waals surface area contributed by atoms with Gasteiger partial charge in [0.15, 0.2) is 11.6 Å². The number of rotatable bonds is 2. The summed E-state index contributed by atoms with van der Waals surface area (Å²) < 4.78 is 13.2. The van der Waals surface area contributed by atoms with E-state index in [4.69, 9.17) is 5.11 Å². The number of hydrogen-bond donors (Lipinski definition) is 3. The van der Waals surface area contributed by atoms with Crippen LogP contribution in [-0.2, 0) is 0 Å². The zero-order chi connectivity index (χ0) is 14.1. The predicted molar refractivity (Wildman–Crippen MR) is 72.1 cm³/mol. The number of fused-ring (bicyclic) bond motifs is 1. The zero-order valence-corrected chi connectivity index (χ0v) is 10.2. The predicted octanol–water partition coefficient (Wildman–Crippen LogP) is 2.66. The fraction of sp³-hybridized carbons (Fsp3) is 0. The third kappa shape index (κ3) is 2.18. The van der Waals surface area contributed by atoms with Gasteiger partial charge < -0.3 is 10.4 Å². The average Bonchev–Trinajstić information content (AvgIpc) is 2.90. The topological polar surface area (TPSA) is 78.0 Å². The number of phenols is 1. The molecule has 0 spiro atoms. The molecule has 5 nitrogen and oxygen atoms in total. The van der Waals surface area contributed by atoms with Crippen LogP contribution in [0.15, 0.2) is 42.6 Å². The molecule has 3 rings (SSSR count). The van der Waals surface area contributed by atoms with Gasteiger partial charge in [0.1, 0.15) is 0 Å². The first-order chi connectivity index (χ1) is 9.63. The highest BCUT2D eigenvalue weighted by Crippen LogP contribution is 2.20. The summed E-state index contributed by atoms with van der Waals surface area (Å²) >= 11 is 0. The molecular formula is C14H10FN3O2. The molecule has 0 aliphatic heterocycles. The van der Waals surface area contributed by atoms with Gasteiger partial charge in [-0.05, 0) is 24.3 Å². The summed E-state index contributed by atoms with van der Waals surface area (Å²) in [5.41, 5.74) is 1.44. The molecule has 0 saturated heterocycles. The highest BCUT2D eigenvalue weighted by Gasteiger charge is 2.09. The molecule has 1 heterocycles. The van der Waals surface area contributed by atoms with Crippen molar-refractivity contribution in [2.45, 2.75) is 0 Å². The molecule has 0 radical (unpaired) electrons. The molecule has 0 aliphatic rings. The first kappa shape index (κ1) is 12.2. The van der Waals surface area contributed by atoms with Gasteiger partial charge in [0.25, 0.3) is 5.91 Å². The maximum Gasteiger partial charge on any atom is 0.255 e. The third-order valence-corrected chi connectivity index (χ3v) is 2.91. The summed E-state index contributed by atoms with van der Waals surface area (Å²) in [7, 11) is 0. The second-order valence-electron chi connectivity index (χ2n) is 4.29. The van der Waals surface area contributed by atoms with Crippen LogP contribution in [0.2, 0.25) is 0 Å². The van der Waals surface area contributed by atoms with Crippen molar-refractivity contribution in [1.82, 2.24) is 10.2 Å². The molecule has 1 amide bonds. The van der Waals surface area contributed by atoms with E-state index in [-0.39, 0.29) is 11.6 Å². The van der Waals surface area contributed by atoms with E-state index in [0.717, 1.165) is 17.0 Å². The van der Waals surface area contributed by atoms with Gasteiger partial charge in [0.05, 0.1) is 11.7 Å². The van der Waals surface area contributed by atoms with Crippen LogP contribution in [0.4, 0.5) is 10.1 Å². The van der Waals surface area contributed by atoms with Crippen molar-refractivity contribution in [3.63, 3.8) is 0 Å². The van der Waals surface area contributed by atoms with Crippen molar-refractivity contribution in [2.75, 3.05) is 5.32 Å². The van der Waals surface area contributed by atoms with Gasteiger partial charge in [-0.25, -0.2) is 4.39 Å². The van der Waals surface area contributed by atoms with E-state index in [1.165, 1.54) is 12.1 Å². The van der Waals surface area contributed by atoms with E-state index in [0.29, 0.717) is 5.56 Å². The lowest BCUT2D eigenvalue weighted by atomic mass is 10.1. The highest BCUT2D eigenvalue weighted by molar-refractivity contribution is 6.06. The van der Waals surface area contributed by atoms with Crippen LogP contribution < -0.4 is 5.32 Å². The number of aromatic amines is 1. The summed E-state index contributed by atoms with van der Waals surface area (Å²) in [5, 5.41) is 19.2. The van der Waals surface area contributed by atoms with Crippen LogP contribution in [0.5, 0.6) is 5.75 Å². The molecule has 6 heteroatoms. The van der Waals surface area contributed by atoms with E-state index in [9.17, 15) is 9.18 Å². The minimum atomic E-state index is -0.785. The number of H-pyrrole nitrogens is 1. The molecule has 2 aromatic carbocycles. The van der Waals surface area contributed by atoms with Crippen molar-refractivity contribution in [2.24, 2.45) is 0 Å². The standard InChI is InChI=1S/C14H10FN3O2/c15-11-6-10(3-4-13(11)19)17-14(20)8-1-2-9-7-16-18-12(9)5-8/h1-7,19H,(H,16,18)(H,17,20). The number of phenolic OH excluding ortho intramolecular Hbond substituents is 1. The number of aromatic hydroxyl groups is 1. The smallest absolute Gasteiger partial charge is 0.255 e. The summed E-state index contributed by atoms with van der Waals surface area (Å²) in [6, 6.07) is 8.75. The van der Waals surface area contributed by atoms with Gasteiger partial charge in [-0.3, -0.25) is 9.89 Å². The molecule has 0 bridgehead atoms. The second-order valence-corrected chi connectivity index (χ2v) is 4.29. The monoisotopic (exact) mass is 271 g/mol. The van der Waals surface area contributed by atoms with Crippen molar-refractivity contribution in [3.8, 4) is 5.75 Å². The molecule has 1 aromatic heterocycles. The van der Waals surface area contributed by atoms with E-state index in [2.05, 4.69) is 15.5 Å². The lowest BCUT2D eigenvalue weighted by Crippen LogP contribution is -2.11. The number of amides is 1. The first-order valence-electron chi connectivity index (χ1n) is 5.86. The number of nitrogens with zero attached hydrogens (tertiary/aromatic N) is 1. The zero-order valence-electron chi connectivity index (χ0n) is 10.2. The molecule has 3 aromatic rings. The Balaban J connectivity index is 1.86. The fourth-order valence-electron chi connectivity index (χ4n) is 1.87. The molecule has 0 fully saturated rings. The molecule has 3 N–H and O–H groups in total. The highest BCUT2D eigenvalue weighted by atomic mass is 19.1. The van der Waals surface area contributed by atoms with E-state index in [1.807, 2.05) is 0 Å². The third-order valence-electron chi connectivity index (χ3n) is 2.91. The lowest BCUT2D eigenvalue weighted by Gasteiger charge is -2.06. The fourth-order valence-corrected chi connectivity index (χ4v) is 1.87. The Morgan fingerprint density at radius 3 is 2.90 bits per heavy atom. The van der Waals surface area contributed by atoms with Crippen LogP contribution in [0, 0.1) is 5.82 Å². The number of aromatic nitrogens is 2. The van der Waals surface area contributed by atoms with E-state index >= 15 is 0 Å². The molecule has 100 valence electrons. The average molecular weight is 271 g/mol. The van der Waals surface area contributed by atoms with Crippen molar-refractivity contribution < 1.29 is 14.3 Å². The number of carbonyl (C=O) groups excluding carboxylic acids is 1. The number of halogens is 1. The lowest BCUT2D eigenvalue weighted by molar-refractivity contribution is 0.102. The molecule has 0 aliphatic carbocycles. The number of carbonyl (C=O) groups is 1. The van der Waals surface area contributed by atoms with Crippen LogP contribution in [0.3, 0.4) is 0 Å². The second kappa shape index (κ2) is 4.65. The largest absolute Gasteiger partial charge is 0.505 e. The Morgan fingerprint density at radius 1 is 1.25 bits per heavy atom. The summed E-state index contributed by atoms with van der Waals surface area (Å²) in [6.45, 7) is 0. The van der Waals surface area contributed by atoms with Crippen molar-refractivity contribution in [3.05, 3.63) is 54.0 Å². The van der Waals surface area contributed by atoms with Crippen LogP contribution in [0.1, 0.15) is 10.4 Å².